The zero-order valence-corrected chi connectivity index (χ0v) is 53.6. The molecule has 2 heterocycles. The van der Waals surface area contributed by atoms with Gasteiger partial charge in [-0.2, -0.15) is 0 Å². The maximum absolute atomic E-state index is 5.09. The highest BCUT2D eigenvalue weighted by Gasteiger charge is 2.23. The smallest absolute Gasteiger partial charge is 0.164 e. The lowest BCUT2D eigenvalue weighted by Crippen LogP contribution is -2.00. The van der Waals surface area contributed by atoms with Crippen LogP contribution in [0.5, 0.6) is 0 Å². The second-order valence-electron chi connectivity index (χ2n) is 25.0. The third-order valence-corrected chi connectivity index (χ3v) is 18.7. The van der Waals surface area contributed by atoms with Gasteiger partial charge in [0, 0.05) is 33.4 Å². The zero-order chi connectivity index (χ0) is 65.1. The van der Waals surface area contributed by atoms with E-state index in [1.54, 1.807) is 0 Å². The Morgan fingerprint density at radius 3 is 0.755 bits per heavy atom. The van der Waals surface area contributed by atoms with E-state index >= 15 is 0 Å². The highest BCUT2D eigenvalue weighted by Crippen LogP contribution is 2.43. The minimum atomic E-state index is 0.642. The molecule has 0 amide bonds. The van der Waals surface area contributed by atoms with Crippen molar-refractivity contribution in [2.45, 2.75) is 12.8 Å². The van der Waals surface area contributed by atoms with E-state index < -0.39 is 0 Å². The van der Waals surface area contributed by atoms with Crippen molar-refractivity contribution in [3.8, 4) is 157 Å². The quantitative estimate of drug-likeness (QED) is 0.121. The van der Waals surface area contributed by atoms with E-state index in [2.05, 4.69) is 231 Å². The van der Waals surface area contributed by atoms with Gasteiger partial charge in [0.2, 0.25) is 0 Å². The van der Waals surface area contributed by atoms with E-state index in [0.29, 0.717) is 34.9 Å². The Hall–Kier alpha value is -12.9. The van der Waals surface area contributed by atoms with Crippen LogP contribution in [0, 0.1) is 0 Å². The van der Waals surface area contributed by atoms with Crippen molar-refractivity contribution >= 4 is 0 Å². The van der Waals surface area contributed by atoms with Crippen molar-refractivity contribution in [3.63, 3.8) is 0 Å². The summed E-state index contributed by atoms with van der Waals surface area (Å²) in [4.78, 5) is 30.2. The molecule has 0 radical (unpaired) electrons. The van der Waals surface area contributed by atoms with Crippen LogP contribution in [0.1, 0.15) is 22.3 Å². The molecule has 0 saturated carbocycles. The summed E-state index contributed by atoms with van der Waals surface area (Å²) in [6, 6.07) is 124. The van der Waals surface area contributed by atoms with Gasteiger partial charge in [-0.1, -0.05) is 309 Å². The molecule has 0 saturated heterocycles. The van der Waals surface area contributed by atoms with Gasteiger partial charge in [0.1, 0.15) is 0 Å². The lowest BCUT2D eigenvalue weighted by atomic mass is 9.93. The summed E-state index contributed by atoms with van der Waals surface area (Å²) in [6.45, 7) is 0. The van der Waals surface area contributed by atoms with Crippen molar-refractivity contribution in [1.82, 2.24) is 29.9 Å². The van der Waals surface area contributed by atoms with E-state index in [1.807, 2.05) is 121 Å². The van der Waals surface area contributed by atoms with Crippen LogP contribution in [-0.4, -0.2) is 29.9 Å². The van der Waals surface area contributed by atoms with Gasteiger partial charge in [-0.3, -0.25) is 0 Å². The van der Waals surface area contributed by atoms with Gasteiger partial charge >= 0.3 is 0 Å². The summed E-state index contributed by atoms with van der Waals surface area (Å²) in [5, 5.41) is 0. The molecular weight excluding hydrogens is 1190 g/mol. The fraction of sp³-hybridized carbons (Fsp3) is 0.0217. The fourth-order valence-corrected chi connectivity index (χ4v) is 13.7. The molecule has 0 fully saturated rings. The lowest BCUT2D eigenvalue weighted by Gasteiger charge is -2.14. The molecule has 0 unspecified atom stereocenters. The lowest BCUT2D eigenvalue weighted by molar-refractivity contribution is 1.07. The first kappa shape index (κ1) is 58.9. The first-order chi connectivity index (χ1) is 48.5. The minimum Gasteiger partial charge on any atom is -0.208 e. The molecule has 16 aromatic rings. The second-order valence-corrected chi connectivity index (χ2v) is 25.0. The number of aromatic nitrogens is 6. The molecule has 2 aromatic heterocycles. The van der Waals surface area contributed by atoms with Crippen LogP contribution in [0.15, 0.2) is 352 Å². The second kappa shape index (κ2) is 26.1. The number of rotatable bonds is 12. The van der Waals surface area contributed by atoms with Crippen molar-refractivity contribution in [1.29, 1.82) is 0 Å². The van der Waals surface area contributed by atoms with E-state index in [1.165, 1.54) is 77.9 Å². The molecule has 0 spiro atoms. The van der Waals surface area contributed by atoms with Gasteiger partial charge in [0.15, 0.2) is 34.9 Å². The molecular formula is C92H62N6. The van der Waals surface area contributed by atoms with Crippen LogP contribution in [0.25, 0.3) is 157 Å². The average Bonchev–Trinajstić information content (AvgIpc) is 1.54. The van der Waals surface area contributed by atoms with Gasteiger partial charge in [0.05, 0.1) is 0 Å². The standard InChI is InChI=1S/2C46H31N3/c1-4-12-31(13-5-1)32-20-22-33(23-21-32)39-27-40(36-24-25-38-26-37-18-10-11-19-42(37)43(38)30-36)29-41(28-39)46-48-44(34-14-6-2-7-15-34)47-45(49-46)35-16-8-3-9-17-35;1-4-12-31(13-5-1)32-20-22-33(23-21-32)38-28-39(36-24-25-43-40(26-36)27-37-18-10-11-19-42(37)43)30-41(29-38)46-48-44(34-14-6-2-7-15-34)47-45(49-46)35-16-8-3-9-17-35/h1-25,27-30H,26H2;1-26,28-30H,27H2. The Labute approximate surface area is 570 Å². The maximum Gasteiger partial charge on any atom is 0.164 e. The van der Waals surface area contributed by atoms with Crippen LogP contribution < -0.4 is 0 Å². The van der Waals surface area contributed by atoms with Crippen LogP contribution >= 0.6 is 0 Å². The Morgan fingerprint density at radius 1 is 0.133 bits per heavy atom. The van der Waals surface area contributed by atoms with Gasteiger partial charge in [-0.15, -0.1) is 0 Å². The molecule has 0 bridgehead atoms. The molecule has 0 atom stereocenters. The first-order valence-electron chi connectivity index (χ1n) is 33.3. The normalized spacial score (nSPS) is 11.6. The third kappa shape index (κ3) is 12.1. The SMILES string of the molecule is c1ccc(-c2ccc(-c3cc(-c4ccc5c(c4)-c4ccccc4C5)cc(-c4nc(-c5ccccc5)nc(-c5ccccc5)n4)c3)cc2)cc1.c1ccc(-c2ccc(-c3cc(-c4ccc5c(c4)Cc4ccccc4-5)cc(-c4nc(-c5ccccc5)nc(-c5ccccc5)n4)c3)cc2)cc1. The van der Waals surface area contributed by atoms with E-state index in [-0.39, 0.29) is 0 Å². The first-order valence-corrected chi connectivity index (χ1v) is 33.3. The maximum atomic E-state index is 5.09. The Bertz CT molecular complexity index is 5450. The average molecular weight is 1250 g/mol. The van der Waals surface area contributed by atoms with Gasteiger partial charge in [-0.25, -0.2) is 29.9 Å². The van der Waals surface area contributed by atoms with E-state index in [9.17, 15) is 0 Å². The molecule has 6 nitrogen and oxygen atoms in total. The van der Waals surface area contributed by atoms with Gasteiger partial charge < -0.3 is 0 Å². The largest absolute Gasteiger partial charge is 0.208 e. The zero-order valence-electron chi connectivity index (χ0n) is 53.6. The summed E-state index contributed by atoms with van der Waals surface area (Å²) in [5.74, 6) is 3.89. The minimum absolute atomic E-state index is 0.642. The molecule has 98 heavy (non-hydrogen) atoms. The monoisotopic (exact) mass is 1250 g/mol. The number of benzene rings is 14. The van der Waals surface area contributed by atoms with Crippen molar-refractivity contribution < 1.29 is 0 Å². The molecule has 6 heteroatoms. The summed E-state index contributed by atoms with van der Waals surface area (Å²) in [7, 11) is 0. The molecule has 0 aliphatic heterocycles. The summed E-state index contributed by atoms with van der Waals surface area (Å²) < 4.78 is 0. The van der Waals surface area contributed by atoms with Crippen LogP contribution in [0.4, 0.5) is 0 Å². The Morgan fingerprint density at radius 2 is 0.367 bits per heavy atom. The van der Waals surface area contributed by atoms with E-state index in [0.717, 1.165) is 79.6 Å². The van der Waals surface area contributed by atoms with Crippen LogP contribution in [0.3, 0.4) is 0 Å². The molecule has 2 aliphatic carbocycles. The number of fused-ring (bicyclic) bond motifs is 6. The highest BCUT2D eigenvalue weighted by atomic mass is 15.0. The van der Waals surface area contributed by atoms with Crippen molar-refractivity contribution in [3.05, 3.63) is 374 Å². The third-order valence-electron chi connectivity index (χ3n) is 18.7. The summed E-state index contributed by atoms with van der Waals surface area (Å²) in [6.07, 6.45) is 1.92. The summed E-state index contributed by atoms with van der Waals surface area (Å²) >= 11 is 0. The van der Waals surface area contributed by atoms with Gasteiger partial charge in [-0.05, 0) is 167 Å². The number of hydrogen-bond donors (Lipinski definition) is 0. The van der Waals surface area contributed by atoms with Crippen LogP contribution in [-0.2, 0) is 12.8 Å². The topological polar surface area (TPSA) is 77.3 Å². The van der Waals surface area contributed by atoms with Gasteiger partial charge in [0.25, 0.3) is 0 Å². The Kier molecular flexibility index (Phi) is 15.7. The Balaban J connectivity index is 0.000000147. The predicted molar refractivity (Wildman–Crippen MR) is 401 cm³/mol. The van der Waals surface area contributed by atoms with Crippen molar-refractivity contribution in [2.75, 3.05) is 0 Å². The number of hydrogen-bond acceptors (Lipinski definition) is 6. The van der Waals surface area contributed by atoms with E-state index in [4.69, 9.17) is 29.9 Å². The highest BCUT2D eigenvalue weighted by molar-refractivity contribution is 5.88. The molecule has 460 valence electrons. The molecule has 18 rings (SSSR count). The molecule has 2 aliphatic rings. The summed E-state index contributed by atoms with van der Waals surface area (Å²) in [5.41, 5.74) is 30.4. The number of nitrogens with zero attached hydrogens (tertiary/aromatic N) is 6. The molecule has 14 aromatic carbocycles. The van der Waals surface area contributed by atoms with Crippen molar-refractivity contribution in [2.24, 2.45) is 0 Å². The molecule has 0 N–H and O–H groups in total. The van der Waals surface area contributed by atoms with Crippen LogP contribution in [0.2, 0.25) is 0 Å². The predicted octanol–water partition coefficient (Wildman–Crippen LogP) is 22.9. The fourth-order valence-electron chi connectivity index (χ4n) is 13.7.